The molecule has 0 aliphatic rings. The summed E-state index contributed by atoms with van der Waals surface area (Å²) in [4.78, 5) is 12.3. The van der Waals surface area contributed by atoms with Gasteiger partial charge in [0.15, 0.2) is 0 Å². The molecule has 13 heteroatoms. The molecule has 13 nitrogen and oxygen atoms in total. The third kappa shape index (κ3) is 24.8. The number of hydrogen-bond donors (Lipinski definition) is 0. The summed E-state index contributed by atoms with van der Waals surface area (Å²) < 4.78 is 64.6. The summed E-state index contributed by atoms with van der Waals surface area (Å²) >= 11 is 0. The molecule has 0 N–H and O–H groups in total. The maximum atomic E-state index is 12.3. The molecule has 274 valence electrons. The second-order valence-corrected chi connectivity index (χ2v) is 10.8. The fraction of sp³-hybridized carbons (Fsp3) is 0.794. The summed E-state index contributed by atoms with van der Waals surface area (Å²) in [6, 6.07) is 5.94. The van der Waals surface area contributed by atoms with Crippen molar-refractivity contribution in [2.75, 3.05) is 139 Å². The first-order chi connectivity index (χ1) is 23.0. The molecule has 0 aromatic heterocycles. The van der Waals surface area contributed by atoms with Crippen LogP contribution in [0.3, 0.4) is 0 Å². The van der Waals surface area contributed by atoms with Gasteiger partial charge in [0.1, 0.15) is 12.4 Å². The number of carbonyl (C=O) groups excluding carboxylic acids is 1. The zero-order chi connectivity index (χ0) is 34.2. The number of para-hydroxylation sites is 1. The highest BCUT2D eigenvalue weighted by molar-refractivity contribution is 5.66. The predicted molar refractivity (Wildman–Crippen MR) is 176 cm³/mol. The van der Waals surface area contributed by atoms with Crippen molar-refractivity contribution in [1.82, 2.24) is 0 Å². The quantitative estimate of drug-likeness (QED) is 0.0599. The van der Waals surface area contributed by atoms with Crippen LogP contribution >= 0.6 is 0 Å². The average molecular weight is 677 g/mol. The molecule has 0 atom stereocenters. The first kappa shape index (κ1) is 43.1. The molecule has 0 spiro atoms. The van der Waals surface area contributed by atoms with Crippen LogP contribution in [0.15, 0.2) is 18.2 Å². The molecule has 0 fully saturated rings. The molecule has 0 aliphatic carbocycles. The minimum Gasteiger partial charge on any atom is -0.432 e. The lowest BCUT2D eigenvalue weighted by molar-refractivity contribution is -0.0266. The Morgan fingerprint density at radius 1 is 0.468 bits per heavy atom. The van der Waals surface area contributed by atoms with E-state index < -0.39 is 6.16 Å². The average Bonchev–Trinajstić information content (AvgIpc) is 3.05. The van der Waals surface area contributed by atoms with Crippen LogP contribution in [-0.2, 0) is 52.1 Å². The van der Waals surface area contributed by atoms with E-state index in [4.69, 9.17) is 56.8 Å². The van der Waals surface area contributed by atoms with E-state index in [1.807, 2.05) is 18.2 Å². The van der Waals surface area contributed by atoms with Gasteiger partial charge in [-0.05, 0) is 23.0 Å². The number of methoxy groups -OCH3 is 1. The summed E-state index contributed by atoms with van der Waals surface area (Å²) in [7, 11) is 1.64. The van der Waals surface area contributed by atoms with Crippen LogP contribution in [0.5, 0.6) is 5.75 Å². The SMILES string of the molecule is COCCOCCOCCOCCOCCOCCOCCOCCOCCOCCOC(=O)Oc1c(C(C)C)cccc1C(C)C. The summed E-state index contributed by atoms with van der Waals surface area (Å²) in [5, 5.41) is 0. The van der Waals surface area contributed by atoms with Gasteiger partial charge in [0.05, 0.1) is 126 Å². The highest BCUT2D eigenvalue weighted by Crippen LogP contribution is 2.34. The summed E-state index contributed by atoms with van der Waals surface area (Å²) in [6.07, 6.45) is -0.730. The molecule has 1 aromatic rings. The minimum atomic E-state index is -0.730. The van der Waals surface area contributed by atoms with Crippen LogP contribution in [0.4, 0.5) is 4.79 Å². The first-order valence-electron chi connectivity index (χ1n) is 16.6. The molecule has 0 aliphatic heterocycles. The number of rotatable bonds is 33. The maximum absolute atomic E-state index is 12.3. The molecule has 0 bridgehead atoms. The van der Waals surface area contributed by atoms with Crippen molar-refractivity contribution in [1.29, 1.82) is 0 Å². The second kappa shape index (κ2) is 31.4. The molecule has 1 aromatic carbocycles. The van der Waals surface area contributed by atoms with Gasteiger partial charge in [-0.3, -0.25) is 0 Å². The molecule has 0 saturated heterocycles. The first-order valence-corrected chi connectivity index (χ1v) is 16.6. The van der Waals surface area contributed by atoms with Crippen molar-refractivity contribution in [2.45, 2.75) is 39.5 Å². The molecule has 1 rings (SSSR count). The van der Waals surface area contributed by atoms with E-state index >= 15 is 0 Å². The van der Waals surface area contributed by atoms with Crippen molar-refractivity contribution in [3.8, 4) is 5.75 Å². The zero-order valence-electron chi connectivity index (χ0n) is 29.3. The fourth-order valence-corrected chi connectivity index (χ4v) is 3.90. The normalized spacial score (nSPS) is 11.6. The number of carbonyl (C=O) groups is 1. The predicted octanol–water partition coefficient (Wildman–Crippen LogP) is 4.24. The monoisotopic (exact) mass is 676 g/mol. The number of ether oxygens (including phenoxy) is 12. The van der Waals surface area contributed by atoms with Crippen molar-refractivity contribution in [3.05, 3.63) is 29.3 Å². The van der Waals surface area contributed by atoms with Gasteiger partial charge in [0.2, 0.25) is 0 Å². The Morgan fingerprint density at radius 2 is 0.745 bits per heavy atom. The van der Waals surface area contributed by atoms with Crippen LogP contribution in [0.25, 0.3) is 0 Å². The highest BCUT2D eigenvalue weighted by atomic mass is 16.7. The third-order valence-corrected chi connectivity index (χ3v) is 6.36. The summed E-state index contributed by atoms with van der Waals surface area (Å²) in [5.74, 6) is 1.03. The zero-order valence-corrected chi connectivity index (χ0v) is 29.3. The van der Waals surface area contributed by atoms with E-state index in [-0.39, 0.29) is 25.0 Å². The Labute approximate surface area is 281 Å². The molecule has 0 heterocycles. The minimum absolute atomic E-state index is 0.0992. The highest BCUT2D eigenvalue weighted by Gasteiger charge is 2.18. The van der Waals surface area contributed by atoms with Crippen molar-refractivity contribution < 1.29 is 61.6 Å². The van der Waals surface area contributed by atoms with Gasteiger partial charge in [-0.15, -0.1) is 0 Å². The van der Waals surface area contributed by atoms with Gasteiger partial charge in [0, 0.05) is 7.11 Å². The fourth-order valence-electron chi connectivity index (χ4n) is 3.90. The lowest BCUT2D eigenvalue weighted by atomic mass is 9.94. The van der Waals surface area contributed by atoms with Crippen LogP contribution in [0, 0.1) is 0 Å². The van der Waals surface area contributed by atoms with Gasteiger partial charge in [0.25, 0.3) is 0 Å². The van der Waals surface area contributed by atoms with Crippen LogP contribution in [-0.4, -0.2) is 145 Å². The third-order valence-electron chi connectivity index (χ3n) is 6.36. The van der Waals surface area contributed by atoms with Gasteiger partial charge in [-0.2, -0.15) is 0 Å². The van der Waals surface area contributed by atoms with E-state index in [0.717, 1.165) is 11.1 Å². The van der Waals surface area contributed by atoms with E-state index in [1.54, 1.807) is 7.11 Å². The Bertz CT molecular complexity index is 827. The van der Waals surface area contributed by atoms with Crippen LogP contribution in [0.2, 0.25) is 0 Å². The summed E-state index contributed by atoms with van der Waals surface area (Å²) in [5.41, 5.74) is 1.96. The Hall–Kier alpha value is -1.91. The van der Waals surface area contributed by atoms with E-state index in [0.29, 0.717) is 125 Å². The van der Waals surface area contributed by atoms with Gasteiger partial charge in [-0.1, -0.05) is 45.9 Å². The maximum Gasteiger partial charge on any atom is 0.513 e. The van der Waals surface area contributed by atoms with E-state index in [2.05, 4.69) is 27.7 Å². The Morgan fingerprint density at radius 3 is 1.02 bits per heavy atom. The second-order valence-electron chi connectivity index (χ2n) is 10.8. The van der Waals surface area contributed by atoms with Crippen LogP contribution in [0.1, 0.15) is 50.7 Å². The van der Waals surface area contributed by atoms with Gasteiger partial charge >= 0.3 is 6.16 Å². The van der Waals surface area contributed by atoms with E-state index in [9.17, 15) is 4.79 Å². The van der Waals surface area contributed by atoms with E-state index in [1.165, 1.54) is 0 Å². The van der Waals surface area contributed by atoms with Gasteiger partial charge in [-0.25, -0.2) is 4.79 Å². The largest absolute Gasteiger partial charge is 0.513 e. The number of hydrogen-bond acceptors (Lipinski definition) is 13. The molecular weight excluding hydrogens is 616 g/mol. The molecule has 0 unspecified atom stereocenters. The Kier molecular flexibility index (Phi) is 28.8. The topological polar surface area (TPSA) is 128 Å². The van der Waals surface area contributed by atoms with Gasteiger partial charge < -0.3 is 56.8 Å². The number of benzene rings is 1. The molecule has 0 radical (unpaired) electrons. The smallest absolute Gasteiger partial charge is 0.432 e. The molecule has 0 saturated carbocycles. The van der Waals surface area contributed by atoms with Crippen LogP contribution < -0.4 is 4.74 Å². The summed E-state index contributed by atoms with van der Waals surface area (Å²) in [6.45, 7) is 17.6. The van der Waals surface area contributed by atoms with Crippen molar-refractivity contribution in [2.24, 2.45) is 0 Å². The standard InChI is InChI=1S/C34H60O13/c1-29(2)31-7-6-8-32(30(3)4)33(31)47-34(35)46-28-27-45-26-25-44-24-23-43-22-21-42-20-19-41-18-17-40-16-15-39-14-13-38-12-11-37-10-9-36-5/h6-8,29-30H,9-28H2,1-5H3. The van der Waals surface area contributed by atoms with Crippen molar-refractivity contribution in [3.63, 3.8) is 0 Å². The lowest BCUT2D eigenvalue weighted by Gasteiger charge is -2.18. The molecule has 47 heavy (non-hydrogen) atoms. The lowest BCUT2D eigenvalue weighted by Crippen LogP contribution is -2.18. The Balaban J connectivity index is 1.80. The molecular formula is C34H60O13. The molecule has 0 amide bonds. The van der Waals surface area contributed by atoms with Crippen molar-refractivity contribution >= 4 is 6.16 Å².